The molecule has 0 aliphatic heterocycles. The van der Waals surface area contributed by atoms with Crippen LogP contribution in [0, 0.1) is 17.0 Å². The molecule has 0 aliphatic carbocycles. The average Bonchev–Trinajstić information content (AvgIpc) is 2.32. The summed E-state index contributed by atoms with van der Waals surface area (Å²) < 4.78 is 28.5. The lowest BCUT2D eigenvalue weighted by molar-refractivity contribution is -0.370. The summed E-state index contributed by atoms with van der Waals surface area (Å²) in [6.45, 7) is 3.77. The first-order valence-electron chi connectivity index (χ1n) is 5.54. The highest BCUT2D eigenvalue weighted by molar-refractivity contribution is 7.99. The predicted molar refractivity (Wildman–Crippen MR) is 70.5 cm³/mol. The lowest BCUT2D eigenvalue weighted by Gasteiger charge is -1.99. The molecule has 0 atom stereocenters. The summed E-state index contributed by atoms with van der Waals surface area (Å²) in [5, 5.41) is 18.5. The van der Waals surface area contributed by atoms with Crippen LogP contribution in [-0.4, -0.2) is 24.2 Å². The molecule has 0 spiro atoms. The summed E-state index contributed by atoms with van der Waals surface area (Å²) in [5.41, 5.74) is -1.56. The maximum Gasteiger partial charge on any atom is 0.370 e. The molecule has 0 unspecified atom stereocenters. The molecule has 9 heteroatoms. The molecule has 1 aromatic rings. The van der Waals surface area contributed by atoms with Crippen LogP contribution in [0.15, 0.2) is 15.3 Å². The Morgan fingerprint density at radius 2 is 2.05 bits per heavy atom. The van der Waals surface area contributed by atoms with Gasteiger partial charge < -0.3 is 9.52 Å². The van der Waals surface area contributed by atoms with E-state index < -0.39 is 47.4 Å². The van der Waals surface area contributed by atoms with Gasteiger partial charge in [-0.2, -0.15) is 0 Å². The molecule has 1 heterocycles. The fourth-order valence-corrected chi connectivity index (χ4v) is 2.53. The molecule has 1 rings (SSSR count). The van der Waals surface area contributed by atoms with Crippen LogP contribution in [0.3, 0.4) is 0 Å². The van der Waals surface area contributed by atoms with Gasteiger partial charge in [-0.15, -0.1) is 0 Å². The Labute approximate surface area is 113 Å². The average molecular weight is 303 g/mol. The highest BCUT2D eigenvalue weighted by Gasteiger charge is 2.30. The van der Waals surface area contributed by atoms with Gasteiger partial charge in [0, 0.05) is 0 Å². The molecule has 0 saturated heterocycles. The molecule has 0 saturated carbocycles. The Morgan fingerprint density at radius 1 is 1.50 bits per heavy atom. The third-order valence-corrected chi connectivity index (χ3v) is 4.18. The second-order valence-corrected chi connectivity index (χ2v) is 6.17. The van der Waals surface area contributed by atoms with Gasteiger partial charge in [-0.25, -0.2) is 8.42 Å². The van der Waals surface area contributed by atoms with Crippen molar-refractivity contribution < 1.29 is 22.9 Å². The number of aliphatic hydroxyl groups excluding tert-OH is 1. The Balaban J connectivity index is 4.23. The third-order valence-electron chi connectivity index (χ3n) is 2.46. The van der Waals surface area contributed by atoms with E-state index >= 15 is 0 Å². The molecular weight excluding hydrogens is 290 g/mol. The van der Waals surface area contributed by atoms with Gasteiger partial charge in [0.25, 0.3) is 0 Å². The van der Waals surface area contributed by atoms with E-state index in [1.807, 2.05) is 0 Å². The topological polar surface area (TPSA) is 128 Å². The number of hydrogen-bond acceptors (Lipinski definition) is 7. The van der Waals surface area contributed by atoms with Crippen LogP contribution in [0.4, 0.5) is 0 Å². The lowest BCUT2D eigenvalue weighted by Crippen LogP contribution is -2.43. The van der Waals surface area contributed by atoms with Gasteiger partial charge >= 0.3 is 5.03 Å². The number of hydrogen-bond donors (Lipinski definition) is 1. The van der Waals surface area contributed by atoms with Crippen LogP contribution < -0.4 is 16.1 Å². The predicted octanol–water partition coefficient (Wildman–Crippen LogP) is -0.589. The Bertz CT molecular complexity index is 829. The summed E-state index contributed by atoms with van der Waals surface area (Å²) in [6.07, 6.45) is 0. The minimum absolute atomic E-state index is 0.0636. The summed E-state index contributed by atoms with van der Waals surface area (Å²) in [6, 6.07) is 0.972. The minimum Gasteiger partial charge on any atom is -0.509 e. The van der Waals surface area contributed by atoms with E-state index in [4.69, 9.17) is 4.42 Å². The largest absolute Gasteiger partial charge is 0.509 e. The molecule has 0 aromatic carbocycles. The molecular formula is C11H13NO7S. The SMILES string of the molecule is CCS(=O)(=O)/C(=c1/cc(C)o/c(=C(/C)O)c1=O)[N+](=O)[O-]. The molecule has 0 fully saturated rings. The van der Waals surface area contributed by atoms with Crippen molar-refractivity contribution in [2.75, 3.05) is 5.75 Å². The molecule has 0 bridgehead atoms. The highest BCUT2D eigenvalue weighted by atomic mass is 32.2. The summed E-state index contributed by atoms with van der Waals surface area (Å²) in [5.74, 6) is -0.949. The van der Waals surface area contributed by atoms with Crippen molar-refractivity contribution in [1.82, 2.24) is 0 Å². The van der Waals surface area contributed by atoms with E-state index in [2.05, 4.69) is 0 Å². The smallest absolute Gasteiger partial charge is 0.370 e. The number of nitrogens with zero attached hydrogens (tertiary/aromatic N) is 1. The number of aliphatic hydroxyl groups is 1. The Kier molecular flexibility index (Phi) is 4.33. The molecule has 0 amide bonds. The number of nitro groups is 1. The van der Waals surface area contributed by atoms with Gasteiger partial charge in [-0.3, -0.25) is 14.9 Å². The van der Waals surface area contributed by atoms with Gasteiger partial charge in [0.15, 0.2) is 0 Å². The summed E-state index contributed by atoms with van der Waals surface area (Å²) >= 11 is 0. The second kappa shape index (κ2) is 5.45. The zero-order valence-electron chi connectivity index (χ0n) is 11.0. The molecule has 1 N–H and O–H groups in total. The van der Waals surface area contributed by atoms with E-state index in [0.29, 0.717) is 0 Å². The van der Waals surface area contributed by atoms with Crippen LogP contribution in [0.25, 0.3) is 10.8 Å². The fourth-order valence-electron chi connectivity index (χ4n) is 1.54. The molecule has 1 aromatic heterocycles. The summed E-state index contributed by atoms with van der Waals surface area (Å²) in [7, 11) is -4.21. The van der Waals surface area contributed by atoms with Crippen molar-refractivity contribution in [3.8, 4) is 0 Å². The van der Waals surface area contributed by atoms with Crippen molar-refractivity contribution in [3.63, 3.8) is 0 Å². The van der Waals surface area contributed by atoms with Crippen molar-refractivity contribution >= 4 is 20.6 Å². The maximum atomic E-state index is 12.0. The van der Waals surface area contributed by atoms with Crippen molar-refractivity contribution in [3.05, 3.63) is 42.8 Å². The van der Waals surface area contributed by atoms with Crippen LogP contribution >= 0.6 is 0 Å². The van der Waals surface area contributed by atoms with Gasteiger partial charge in [0.1, 0.15) is 16.7 Å². The van der Waals surface area contributed by atoms with Gasteiger partial charge in [0.2, 0.25) is 20.7 Å². The third kappa shape index (κ3) is 2.87. The molecule has 110 valence electrons. The first kappa shape index (κ1) is 15.9. The van der Waals surface area contributed by atoms with Crippen molar-refractivity contribution in [2.45, 2.75) is 20.8 Å². The van der Waals surface area contributed by atoms with Gasteiger partial charge in [-0.1, -0.05) is 6.92 Å². The van der Waals surface area contributed by atoms with Crippen LogP contribution in [0.2, 0.25) is 0 Å². The van der Waals surface area contributed by atoms with E-state index in [1.54, 1.807) is 0 Å². The van der Waals surface area contributed by atoms with Crippen molar-refractivity contribution in [1.29, 1.82) is 0 Å². The van der Waals surface area contributed by atoms with E-state index in [1.165, 1.54) is 13.8 Å². The second-order valence-electron chi connectivity index (χ2n) is 3.98. The molecule has 8 nitrogen and oxygen atoms in total. The van der Waals surface area contributed by atoms with Gasteiger partial charge in [-0.05, 0) is 19.9 Å². The van der Waals surface area contributed by atoms with Crippen LogP contribution in [0.5, 0.6) is 0 Å². The van der Waals surface area contributed by atoms with Crippen molar-refractivity contribution in [2.24, 2.45) is 0 Å². The monoisotopic (exact) mass is 303 g/mol. The van der Waals surface area contributed by atoms with E-state index in [0.717, 1.165) is 13.0 Å². The Morgan fingerprint density at radius 3 is 2.45 bits per heavy atom. The maximum absolute atomic E-state index is 12.0. The Hall–Kier alpha value is -2.16. The number of rotatable bonds is 3. The van der Waals surface area contributed by atoms with Crippen LogP contribution in [-0.2, 0) is 9.84 Å². The number of aryl methyl sites for hydroxylation is 1. The number of sulfone groups is 1. The fraction of sp³-hybridized carbons (Fsp3) is 0.364. The normalized spacial score (nSPS) is 14.8. The standard InChI is InChI=1S/C11H13NO7S/c1-4-20(17,18)11(12(15)16)8-5-6(2)19-10(7(3)13)9(8)14/h5,13H,4H2,1-3H3/b10-7-,11-8-. The van der Waals surface area contributed by atoms with E-state index in [-0.39, 0.29) is 5.76 Å². The first-order chi connectivity index (χ1) is 9.11. The summed E-state index contributed by atoms with van der Waals surface area (Å²) in [4.78, 5) is 21.9. The zero-order valence-corrected chi connectivity index (χ0v) is 11.9. The molecule has 20 heavy (non-hydrogen) atoms. The zero-order chi connectivity index (χ0) is 15.7. The molecule has 0 aliphatic rings. The first-order valence-corrected chi connectivity index (χ1v) is 7.19. The quantitative estimate of drug-likeness (QED) is 0.584. The van der Waals surface area contributed by atoms with Crippen LogP contribution in [0.1, 0.15) is 19.6 Å². The highest BCUT2D eigenvalue weighted by Crippen LogP contribution is 2.07. The minimum atomic E-state index is -4.21. The van der Waals surface area contributed by atoms with E-state index in [9.17, 15) is 28.4 Å². The molecule has 0 radical (unpaired) electrons. The lowest BCUT2D eigenvalue weighted by atomic mass is 10.3. The van der Waals surface area contributed by atoms with Gasteiger partial charge in [0.05, 0.1) is 10.7 Å².